The van der Waals surface area contributed by atoms with Gasteiger partial charge in [-0.15, -0.1) is 0 Å². The fraction of sp³-hybridized carbons (Fsp3) is 0.938. The van der Waals surface area contributed by atoms with E-state index in [9.17, 15) is 9.90 Å². The van der Waals surface area contributed by atoms with E-state index in [1.807, 2.05) is 0 Å². The first-order valence-electron chi connectivity index (χ1n) is 8.63. The SMILES string of the molecule is O=C1NCNC12CCN(CCCC1CCCCC1O)CC2. The van der Waals surface area contributed by atoms with E-state index in [-0.39, 0.29) is 17.6 Å². The lowest BCUT2D eigenvalue weighted by atomic mass is 9.83. The monoisotopic (exact) mass is 295 g/mol. The highest BCUT2D eigenvalue weighted by Gasteiger charge is 2.43. The van der Waals surface area contributed by atoms with E-state index in [0.29, 0.717) is 12.6 Å². The standard InChI is InChI=1S/C16H29N3O2/c20-14-6-2-1-4-13(14)5-3-9-19-10-7-16(8-11-19)15(21)17-12-18-16/h13-14,18,20H,1-12H2,(H,17,21). The Hall–Kier alpha value is -0.650. The summed E-state index contributed by atoms with van der Waals surface area (Å²) in [4.78, 5) is 14.4. The van der Waals surface area contributed by atoms with Crippen molar-refractivity contribution < 1.29 is 9.90 Å². The molecule has 3 N–H and O–H groups in total. The summed E-state index contributed by atoms with van der Waals surface area (Å²) in [6.45, 7) is 3.75. The number of hydrogen-bond acceptors (Lipinski definition) is 4. The van der Waals surface area contributed by atoms with Gasteiger partial charge in [0.1, 0.15) is 5.54 Å². The lowest BCUT2D eigenvalue weighted by Crippen LogP contribution is -2.54. The summed E-state index contributed by atoms with van der Waals surface area (Å²) in [6, 6.07) is 0. The molecule has 0 aromatic heterocycles. The number of nitrogens with zero attached hydrogens (tertiary/aromatic N) is 1. The minimum Gasteiger partial charge on any atom is -0.393 e. The molecule has 3 fully saturated rings. The van der Waals surface area contributed by atoms with E-state index in [1.165, 1.54) is 25.7 Å². The Kier molecular flexibility index (Phi) is 4.82. The summed E-state index contributed by atoms with van der Waals surface area (Å²) in [5.74, 6) is 0.713. The van der Waals surface area contributed by atoms with Crippen LogP contribution in [0, 0.1) is 5.92 Å². The number of piperidine rings is 1. The van der Waals surface area contributed by atoms with Crippen LogP contribution in [0.15, 0.2) is 0 Å². The summed E-state index contributed by atoms with van der Waals surface area (Å²) in [5, 5.41) is 16.2. The molecule has 1 saturated carbocycles. The van der Waals surface area contributed by atoms with Crippen molar-refractivity contribution in [2.45, 2.75) is 63.0 Å². The number of aliphatic hydroxyl groups is 1. The average molecular weight is 295 g/mol. The predicted molar refractivity (Wildman–Crippen MR) is 81.7 cm³/mol. The Balaban J connectivity index is 1.37. The maximum absolute atomic E-state index is 11.9. The summed E-state index contributed by atoms with van der Waals surface area (Å²) in [5.41, 5.74) is -0.282. The molecule has 3 rings (SSSR count). The first kappa shape index (κ1) is 15.3. The first-order valence-corrected chi connectivity index (χ1v) is 8.63. The number of aliphatic hydroxyl groups excluding tert-OH is 1. The van der Waals surface area contributed by atoms with Gasteiger partial charge in [0.05, 0.1) is 12.8 Å². The van der Waals surface area contributed by atoms with Gasteiger partial charge in [0.25, 0.3) is 0 Å². The Morgan fingerprint density at radius 3 is 2.67 bits per heavy atom. The topological polar surface area (TPSA) is 64.6 Å². The molecular weight excluding hydrogens is 266 g/mol. The molecule has 2 aliphatic heterocycles. The van der Waals surface area contributed by atoms with Gasteiger partial charge >= 0.3 is 0 Å². The maximum Gasteiger partial charge on any atom is 0.241 e. The third-order valence-corrected chi connectivity index (χ3v) is 5.74. The lowest BCUT2D eigenvalue weighted by Gasteiger charge is -2.37. The second-order valence-electron chi connectivity index (χ2n) is 7.04. The summed E-state index contributed by atoms with van der Waals surface area (Å²) in [6.07, 6.45) is 8.79. The quantitative estimate of drug-likeness (QED) is 0.719. The maximum atomic E-state index is 11.9. The fourth-order valence-electron chi connectivity index (χ4n) is 4.21. The molecule has 2 heterocycles. The first-order chi connectivity index (χ1) is 10.2. The molecule has 0 bridgehead atoms. The van der Waals surface area contributed by atoms with Crippen LogP contribution in [-0.4, -0.2) is 53.9 Å². The molecule has 5 nitrogen and oxygen atoms in total. The highest BCUT2D eigenvalue weighted by molar-refractivity contribution is 5.88. The Morgan fingerprint density at radius 1 is 1.24 bits per heavy atom. The van der Waals surface area contributed by atoms with Crippen LogP contribution in [0.1, 0.15) is 51.4 Å². The number of amides is 1. The largest absolute Gasteiger partial charge is 0.393 e. The van der Waals surface area contributed by atoms with Crippen LogP contribution in [0.3, 0.4) is 0 Å². The molecule has 3 aliphatic rings. The van der Waals surface area contributed by atoms with Gasteiger partial charge in [-0.25, -0.2) is 0 Å². The van der Waals surface area contributed by atoms with E-state index in [1.54, 1.807) is 0 Å². The van der Waals surface area contributed by atoms with Gasteiger partial charge in [0.15, 0.2) is 0 Å². The molecule has 1 spiro atoms. The van der Waals surface area contributed by atoms with Crippen LogP contribution >= 0.6 is 0 Å². The van der Waals surface area contributed by atoms with E-state index >= 15 is 0 Å². The van der Waals surface area contributed by atoms with Crippen molar-refractivity contribution in [3.63, 3.8) is 0 Å². The molecule has 5 heteroatoms. The van der Waals surface area contributed by atoms with E-state index < -0.39 is 0 Å². The molecule has 2 atom stereocenters. The zero-order valence-electron chi connectivity index (χ0n) is 12.9. The third kappa shape index (κ3) is 3.41. The molecule has 21 heavy (non-hydrogen) atoms. The number of rotatable bonds is 4. The number of hydrogen-bond donors (Lipinski definition) is 3. The number of carbonyl (C=O) groups excluding carboxylic acids is 1. The van der Waals surface area contributed by atoms with Crippen molar-refractivity contribution in [1.82, 2.24) is 15.5 Å². The van der Waals surface area contributed by atoms with Crippen molar-refractivity contribution in [2.75, 3.05) is 26.3 Å². The number of carbonyl (C=O) groups is 1. The normalized spacial score (nSPS) is 33.3. The van der Waals surface area contributed by atoms with Gasteiger partial charge in [-0.05, 0) is 51.0 Å². The van der Waals surface area contributed by atoms with E-state index in [2.05, 4.69) is 15.5 Å². The zero-order valence-corrected chi connectivity index (χ0v) is 12.9. The molecule has 0 aromatic carbocycles. The second-order valence-corrected chi connectivity index (χ2v) is 7.04. The van der Waals surface area contributed by atoms with Gasteiger partial charge < -0.3 is 15.3 Å². The minimum atomic E-state index is -0.282. The highest BCUT2D eigenvalue weighted by atomic mass is 16.3. The number of nitrogens with one attached hydrogen (secondary N) is 2. The Morgan fingerprint density at radius 2 is 2.00 bits per heavy atom. The van der Waals surface area contributed by atoms with Crippen LogP contribution < -0.4 is 10.6 Å². The van der Waals surface area contributed by atoms with Crippen molar-refractivity contribution in [3.8, 4) is 0 Å². The van der Waals surface area contributed by atoms with Crippen LogP contribution in [0.5, 0.6) is 0 Å². The van der Waals surface area contributed by atoms with Crippen molar-refractivity contribution in [1.29, 1.82) is 0 Å². The lowest BCUT2D eigenvalue weighted by molar-refractivity contribution is -0.125. The van der Waals surface area contributed by atoms with Crippen LogP contribution in [0.4, 0.5) is 0 Å². The van der Waals surface area contributed by atoms with Gasteiger partial charge in [-0.3, -0.25) is 10.1 Å². The Labute approximate surface area is 127 Å². The molecule has 2 saturated heterocycles. The predicted octanol–water partition coefficient (Wildman–Crippen LogP) is 0.829. The van der Waals surface area contributed by atoms with Gasteiger partial charge in [-0.1, -0.05) is 12.8 Å². The molecule has 0 aromatic rings. The third-order valence-electron chi connectivity index (χ3n) is 5.74. The number of likely N-dealkylation sites (tertiary alicyclic amines) is 1. The average Bonchev–Trinajstić information content (AvgIpc) is 2.84. The van der Waals surface area contributed by atoms with Crippen molar-refractivity contribution in [3.05, 3.63) is 0 Å². The highest BCUT2D eigenvalue weighted by Crippen LogP contribution is 2.29. The smallest absolute Gasteiger partial charge is 0.241 e. The zero-order chi connectivity index (χ0) is 14.7. The molecule has 2 unspecified atom stereocenters. The van der Waals surface area contributed by atoms with E-state index in [4.69, 9.17) is 0 Å². The van der Waals surface area contributed by atoms with Crippen LogP contribution in [0.2, 0.25) is 0 Å². The Bertz CT molecular complexity index is 367. The van der Waals surface area contributed by atoms with Crippen LogP contribution in [-0.2, 0) is 4.79 Å². The summed E-state index contributed by atoms with van der Waals surface area (Å²) >= 11 is 0. The summed E-state index contributed by atoms with van der Waals surface area (Å²) in [7, 11) is 0. The van der Waals surface area contributed by atoms with Crippen LogP contribution in [0.25, 0.3) is 0 Å². The molecule has 1 amide bonds. The minimum absolute atomic E-state index is 0.0604. The van der Waals surface area contributed by atoms with E-state index in [0.717, 1.165) is 45.3 Å². The van der Waals surface area contributed by atoms with Gasteiger partial charge in [0.2, 0.25) is 5.91 Å². The van der Waals surface area contributed by atoms with Gasteiger partial charge in [0, 0.05) is 13.1 Å². The van der Waals surface area contributed by atoms with Crippen molar-refractivity contribution in [2.24, 2.45) is 5.92 Å². The summed E-state index contributed by atoms with van der Waals surface area (Å²) < 4.78 is 0. The molecular formula is C16H29N3O2. The molecule has 1 aliphatic carbocycles. The molecule has 0 radical (unpaired) electrons. The second kappa shape index (κ2) is 6.63. The van der Waals surface area contributed by atoms with Gasteiger partial charge in [-0.2, -0.15) is 0 Å². The fourth-order valence-corrected chi connectivity index (χ4v) is 4.21. The van der Waals surface area contributed by atoms with Crippen molar-refractivity contribution >= 4 is 5.91 Å². The molecule has 120 valence electrons.